The molecule has 0 aliphatic rings. The van der Waals surface area contributed by atoms with Crippen LogP contribution in [0.5, 0.6) is 0 Å². The van der Waals surface area contributed by atoms with E-state index in [0.29, 0.717) is 37.5 Å². The molecule has 7 nitrogen and oxygen atoms in total. The SMILES string of the molecule is Cc1cn(CCCNC(=O)NCCCl)c(=O)[nH]c1=O. The monoisotopic (exact) mass is 288 g/mol. The lowest BCUT2D eigenvalue weighted by Gasteiger charge is -2.08. The van der Waals surface area contributed by atoms with Crippen molar-refractivity contribution in [3.8, 4) is 0 Å². The minimum absolute atomic E-state index is 0.286. The molecule has 0 saturated carbocycles. The highest BCUT2D eigenvalue weighted by Crippen LogP contribution is 1.87. The van der Waals surface area contributed by atoms with E-state index in [1.54, 1.807) is 6.92 Å². The van der Waals surface area contributed by atoms with Crippen LogP contribution in [0.3, 0.4) is 0 Å². The normalized spacial score (nSPS) is 10.2. The van der Waals surface area contributed by atoms with Crippen LogP contribution in [0, 0.1) is 6.92 Å². The van der Waals surface area contributed by atoms with Crippen LogP contribution in [0.25, 0.3) is 0 Å². The number of rotatable bonds is 6. The average molecular weight is 289 g/mol. The summed E-state index contributed by atoms with van der Waals surface area (Å²) in [6, 6.07) is -0.286. The number of carbonyl (C=O) groups is 1. The number of aromatic amines is 1. The molecule has 19 heavy (non-hydrogen) atoms. The number of amides is 2. The highest BCUT2D eigenvalue weighted by Gasteiger charge is 2.01. The largest absolute Gasteiger partial charge is 0.338 e. The van der Waals surface area contributed by atoms with Gasteiger partial charge in [-0.1, -0.05) is 0 Å². The van der Waals surface area contributed by atoms with E-state index in [4.69, 9.17) is 11.6 Å². The number of halogens is 1. The average Bonchev–Trinajstić information content (AvgIpc) is 2.37. The second kappa shape index (κ2) is 7.63. The summed E-state index contributed by atoms with van der Waals surface area (Å²) in [5.74, 6) is 0.361. The number of hydrogen-bond acceptors (Lipinski definition) is 3. The van der Waals surface area contributed by atoms with E-state index in [-0.39, 0.29) is 11.6 Å². The van der Waals surface area contributed by atoms with Crippen molar-refractivity contribution < 1.29 is 4.79 Å². The molecule has 0 saturated heterocycles. The Bertz CT molecular complexity index is 537. The Morgan fingerprint density at radius 1 is 1.37 bits per heavy atom. The minimum atomic E-state index is -0.442. The van der Waals surface area contributed by atoms with Crippen LogP contribution >= 0.6 is 11.6 Å². The highest BCUT2D eigenvalue weighted by molar-refractivity contribution is 6.18. The first-order chi connectivity index (χ1) is 9.04. The van der Waals surface area contributed by atoms with Gasteiger partial charge in [-0.05, 0) is 13.3 Å². The lowest BCUT2D eigenvalue weighted by molar-refractivity contribution is 0.241. The molecule has 1 heterocycles. The maximum Gasteiger partial charge on any atom is 0.328 e. The van der Waals surface area contributed by atoms with Crippen molar-refractivity contribution in [1.29, 1.82) is 0 Å². The van der Waals surface area contributed by atoms with Crippen LogP contribution in [0.2, 0.25) is 0 Å². The summed E-state index contributed by atoms with van der Waals surface area (Å²) in [5.41, 5.74) is -0.338. The number of nitrogens with zero attached hydrogens (tertiary/aromatic N) is 1. The quantitative estimate of drug-likeness (QED) is 0.498. The number of H-pyrrole nitrogens is 1. The van der Waals surface area contributed by atoms with Gasteiger partial charge < -0.3 is 15.2 Å². The third kappa shape index (κ3) is 5.17. The van der Waals surface area contributed by atoms with Crippen molar-refractivity contribution in [3.05, 3.63) is 32.6 Å². The van der Waals surface area contributed by atoms with E-state index >= 15 is 0 Å². The van der Waals surface area contributed by atoms with Crippen LogP contribution in [-0.4, -0.2) is 34.6 Å². The molecule has 0 fully saturated rings. The Morgan fingerprint density at radius 2 is 2.05 bits per heavy atom. The van der Waals surface area contributed by atoms with Crippen LogP contribution in [0.1, 0.15) is 12.0 Å². The van der Waals surface area contributed by atoms with Gasteiger partial charge in [-0.3, -0.25) is 9.78 Å². The molecule has 2 amide bonds. The molecule has 0 aliphatic heterocycles. The summed E-state index contributed by atoms with van der Waals surface area (Å²) in [6.45, 7) is 2.89. The number of alkyl halides is 1. The molecule has 1 aromatic rings. The molecular formula is C11H17ClN4O3. The number of hydrogen-bond donors (Lipinski definition) is 3. The van der Waals surface area contributed by atoms with E-state index in [2.05, 4.69) is 15.6 Å². The predicted molar refractivity (Wildman–Crippen MR) is 72.8 cm³/mol. The van der Waals surface area contributed by atoms with Gasteiger partial charge in [0.25, 0.3) is 5.56 Å². The molecule has 0 aromatic carbocycles. The van der Waals surface area contributed by atoms with Gasteiger partial charge in [-0.15, -0.1) is 11.6 Å². The third-order valence-electron chi connectivity index (χ3n) is 2.43. The summed E-state index contributed by atoms with van der Waals surface area (Å²) >= 11 is 5.42. The van der Waals surface area contributed by atoms with E-state index in [0.717, 1.165) is 0 Å². The minimum Gasteiger partial charge on any atom is -0.338 e. The van der Waals surface area contributed by atoms with Crippen molar-refractivity contribution >= 4 is 17.6 Å². The summed E-state index contributed by atoms with van der Waals surface area (Å²) in [7, 11) is 0. The van der Waals surface area contributed by atoms with Crippen molar-refractivity contribution in [2.75, 3.05) is 19.0 Å². The Kier molecular flexibility index (Phi) is 6.14. The van der Waals surface area contributed by atoms with Crippen LogP contribution in [-0.2, 0) is 6.54 Å². The Hall–Kier alpha value is -1.76. The highest BCUT2D eigenvalue weighted by atomic mass is 35.5. The summed E-state index contributed by atoms with van der Waals surface area (Å²) < 4.78 is 1.41. The number of aryl methyl sites for hydroxylation is 2. The molecule has 0 unspecified atom stereocenters. The summed E-state index contributed by atoms with van der Waals surface area (Å²) in [5, 5.41) is 5.20. The first-order valence-corrected chi connectivity index (χ1v) is 6.46. The van der Waals surface area contributed by atoms with E-state index in [1.807, 2.05) is 0 Å². The van der Waals surface area contributed by atoms with E-state index in [1.165, 1.54) is 10.8 Å². The molecule has 1 rings (SSSR count). The maximum absolute atomic E-state index is 11.5. The van der Waals surface area contributed by atoms with Gasteiger partial charge in [0.05, 0.1) is 0 Å². The molecule has 3 N–H and O–H groups in total. The van der Waals surface area contributed by atoms with Gasteiger partial charge in [-0.25, -0.2) is 9.59 Å². The van der Waals surface area contributed by atoms with Crippen LogP contribution < -0.4 is 21.9 Å². The lowest BCUT2D eigenvalue weighted by Crippen LogP contribution is -2.37. The first kappa shape index (κ1) is 15.3. The van der Waals surface area contributed by atoms with Crippen LogP contribution in [0.15, 0.2) is 15.8 Å². The van der Waals surface area contributed by atoms with Gasteiger partial charge in [0.15, 0.2) is 0 Å². The second-order valence-electron chi connectivity index (χ2n) is 3.99. The molecule has 1 aromatic heterocycles. The molecule has 0 radical (unpaired) electrons. The van der Waals surface area contributed by atoms with Gasteiger partial charge >= 0.3 is 11.7 Å². The molecule has 0 bridgehead atoms. The zero-order valence-corrected chi connectivity index (χ0v) is 11.4. The molecule has 0 spiro atoms. The van der Waals surface area contributed by atoms with Crippen molar-refractivity contribution in [1.82, 2.24) is 20.2 Å². The van der Waals surface area contributed by atoms with E-state index < -0.39 is 5.69 Å². The van der Waals surface area contributed by atoms with Crippen molar-refractivity contribution in [3.63, 3.8) is 0 Å². The van der Waals surface area contributed by atoms with E-state index in [9.17, 15) is 14.4 Å². The second-order valence-corrected chi connectivity index (χ2v) is 4.37. The standard InChI is InChI=1S/C11H17ClN4O3/c1-8-7-16(11(19)15-9(8)17)6-2-4-13-10(18)14-5-3-12/h7H,2-6H2,1H3,(H2,13,14,18)(H,15,17,19). The third-order valence-corrected chi connectivity index (χ3v) is 2.62. The number of carbonyl (C=O) groups excluding carboxylic acids is 1. The fraction of sp³-hybridized carbons (Fsp3) is 0.545. The zero-order chi connectivity index (χ0) is 14.3. The van der Waals surface area contributed by atoms with Crippen LogP contribution in [0.4, 0.5) is 4.79 Å². The van der Waals surface area contributed by atoms with Crippen molar-refractivity contribution in [2.24, 2.45) is 0 Å². The Morgan fingerprint density at radius 3 is 2.74 bits per heavy atom. The Balaban J connectivity index is 2.38. The molecular weight excluding hydrogens is 272 g/mol. The number of aromatic nitrogens is 2. The van der Waals surface area contributed by atoms with Crippen molar-refractivity contribution in [2.45, 2.75) is 19.9 Å². The lowest BCUT2D eigenvalue weighted by atomic mass is 10.3. The van der Waals surface area contributed by atoms with Gasteiger partial charge in [0.2, 0.25) is 0 Å². The van der Waals surface area contributed by atoms with Gasteiger partial charge in [0.1, 0.15) is 0 Å². The molecule has 0 aliphatic carbocycles. The smallest absolute Gasteiger partial charge is 0.328 e. The first-order valence-electron chi connectivity index (χ1n) is 5.92. The molecule has 8 heteroatoms. The number of nitrogens with one attached hydrogen (secondary N) is 3. The molecule has 0 atom stereocenters. The Labute approximate surface area is 115 Å². The van der Waals surface area contributed by atoms with Gasteiger partial charge in [0, 0.05) is 37.3 Å². The molecule has 106 valence electrons. The zero-order valence-electron chi connectivity index (χ0n) is 10.7. The predicted octanol–water partition coefficient (Wildman–Crippen LogP) is -0.227. The number of urea groups is 1. The van der Waals surface area contributed by atoms with Gasteiger partial charge in [-0.2, -0.15) is 0 Å². The summed E-state index contributed by atoms with van der Waals surface area (Å²) in [4.78, 5) is 36.0. The fourth-order valence-electron chi connectivity index (χ4n) is 1.46. The fourth-order valence-corrected chi connectivity index (χ4v) is 1.55. The topological polar surface area (TPSA) is 96.0 Å². The summed E-state index contributed by atoms with van der Waals surface area (Å²) in [6.07, 6.45) is 2.09. The maximum atomic E-state index is 11.5.